The molecule has 0 bridgehead atoms. The van der Waals surface area contributed by atoms with E-state index in [0.29, 0.717) is 36.1 Å². The summed E-state index contributed by atoms with van der Waals surface area (Å²) in [5.74, 6) is 2.99. The first-order valence-corrected chi connectivity index (χ1v) is 10.9. The molecule has 0 aromatic heterocycles. The average Bonchev–Trinajstić information content (AvgIpc) is 2.92. The number of hydrogen-bond acceptors (Lipinski definition) is 2. The maximum Gasteiger partial charge on any atom is 0.303 e. The molecule has 1 amide bonds. The van der Waals surface area contributed by atoms with E-state index in [-0.39, 0.29) is 5.91 Å². The fraction of sp³-hybridized carbons (Fsp3) is 0.909. The SMILES string of the molecule is CCCC(=O)N[C@@H]1CCC2C(CC[C@@]3(C)C2CC[C@@H]3CCC(=O)O)[C@@H]1C. The summed E-state index contributed by atoms with van der Waals surface area (Å²) in [5, 5.41) is 12.4. The first kappa shape index (κ1) is 19.7. The Labute approximate surface area is 158 Å². The second kappa shape index (κ2) is 7.90. The summed E-state index contributed by atoms with van der Waals surface area (Å²) in [6, 6.07) is 0.351. The summed E-state index contributed by atoms with van der Waals surface area (Å²) in [7, 11) is 0. The van der Waals surface area contributed by atoms with Crippen LogP contribution >= 0.6 is 0 Å². The molecule has 2 N–H and O–H groups in total. The van der Waals surface area contributed by atoms with Crippen molar-refractivity contribution < 1.29 is 14.7 Å². The zero-order valence-corrected chi connectivity index (χ0v) is 16.8. The quantitative estimate of drug-likeness (QED) is 0.723. The molecule has 4 heteroatoms. The van der Waals surface area contributed by atoms with Crippen LogP contribution in [-0.2, 0) is 9.59 Å². The van der Waals surface area contributed by atoms with Crippen molar-refractivity contribution in [1.82, 2.24) is 5.32 Å². The smallest absolute Gasteiger partial charge is 0.303 e. The summed E-state index contributed by atoms with van der Waals surface area (Å²) in [6.45, 7) is 6.86. The Hall–Kier alpha value is -1.06. The van der Waals surface area contributed by atoms with E-state index >= 15 is 0 Å². The second-order valence-corrected chi connectivity index (χ2v) is 9.55. The third kappa shape index (κ3) is 3.66. The highest BCUT2D eigenvalue weighted by molar-refractivity contribution is 5.76. The largest absolute Gasteiger partial charge is 0.481 e. The zero-order valence-electron chi connectivity index (χ0n) is 16.8. The van der Waals surface area contributed by atoms with Crippen molar-refractivity contribution >= 4 is 11.9 Å². The Kier molecular flexibility index (Phi) is 5.98. The molecule has 0 spiro atoms. The molecule has 3 aliphatic carbocycles. The van der Waals surface area contributed by atoms with Gasteiger partial charge in [-0.15, -0.1) is 0 Å². The molecule has 0 saturated heterocycles. The molecule has 0 heterocycles. The lowest BCUT2D eigenvalue weighted by molar-refractivity contribution is -0.137. The lowest BCUT2D eigenvalue weighted by Gasteiger charge is -2.54. The summed E-state index contributed by atoms with van der Waals surface area (Å²) >= 11 is 0. The second-order valence-electron chi connectivity index (χ2n) is 9.55. The van der Waals surface area contributed by atoms with Crippen molar-refractivity contribution in [2.45, 2.75) is 91.0 Å². The molecule has 0 aromatic carbocycles. The molecule has 26 heavy (non-hydrogen) atoms. The lowest BCUT2D eigenvalue weighted by atomic mass is 9.52. The van der Waals surface area contributed by atoms with Crippen LogP contribution in [0.15, 0.2) is 0 Å². The van der Waals surface area contributed by atoms with Gasteiger partial charge in [0.25, 0.3) is 0 Å². The van der Waals surface area contributed by atoms with E-state index in [1.165, 1.54) is 32.1 Å². The normalized spacial score (nSPS) is 42.0. The number of amides is 1. The third-order valence-electron chi connectivity index (χ3n) is 8.34. The van der Waals surface area contributed by atoms with Crippen LogP contribution in [0.2, 0.25) is 0 Å². The van der Waals surface area contributed by atoms with Crippen LogP contribution in [-0.4, -0.2) is 23.0 Å². The van der Waals surface area contributed by atoms with E-state index in [2.05, 4.69) is 26.1 Å². The van der Waals surface area contributed by atoms with Crippen molar-refractivity contribution in [3.05, 3.63) is 0 Å². The molecule has 3 rings (SSSR count). The monoisotopic (exact) mass is 363 g/mol. The van der Waals surface area contributed by atoms with Gasteiger partial charge in [0.2, 0.25) is 5.91 Å². The van der Waals surface area contributed by atoms with Crippen LogP contribution in [0, 0.1) is 35.0 Å². The van der Waals surface area contributed by atoms with Crippen molar-refractivity contribution in [2.24, 2.45) is 35.0 Å². The predicted molar refractivity (Wildman–Crippen MR) is 103 cm³/mol. The summed E-state index contributed by atoms with van der Waals surface area (Å²) in [5.41, 5.74) is 0.342. The highest BCUT2D eigenvalue weighted by atomic mass is 16.4. The minimum Gasteiger partial charge on any atom is -0.481 e. The Morgan fingerprint density at radius 3 is 2.54 bits per heavy atom. The number of carboxylic acid groups (broad SMARTS) is 1. The molecule has 3 fully saturated rings. The topological polar surface area (TPSA) is 66.4 Å². The van der Waals surface area contributed by atoms with Crippen LogP contribution in [0.5, 0.6) is 0 Å². The van der Waals surface area contributed by atoms with E-state index < -0.39 is 5.97 Å². The molecule has 4 nitrogen and oxygen atoms in total. The Bertz CT molecular complexity index is 533. The third-order valence-corrected chi connectivity index (χ3v) is 8.34. The van der Waals surface area contributed by atoms with E-state index in [0.717, 1.165) is 37.0 Å². The lowest BCUT2D eigenvalue weighted by Crippen LogP contribution is -2.52. The number of carbonyl (C=O) groups is 2. The zero-order chi connectivity index (χ0) is 18.9. The maximum absolute atomic E-state index is 12.1. The Morgan fingerprint density at radius 2 is 1.85 bits per heavy atom. The van der Waals surface area contributed by atoms with Crippen LogP contribution < -0.4 is 5.32 Å². The average molecular weight is 364 g/mol. The molecule has 3 aliphatic rings. The van der Waals surface area contributed by atoms with Gasteiger partial charge >= 0.3 is 5.97 Å². The molecule has 0 radical (unpaired) electrons. The first-order valence-electron chi connectivity index (χ1n) is 10.9. The van der Waals surface area contributed by atoms with Crippen LogP contribution in [0.1, 0.15) is 85.0 Å². The summed E-state index contributed by atoms with van der Waals surface area (Å²) in [4.78, 5) is 23.1. The van der Waals surface area contributed by atoms with Crippen molar-refractivity contribution in [2.75, 3.05) is 0 Å². The van der Waals surface area contributed by atoms with E-state index in [1.807, 2.05) is 0 Å². The van der Waals surface area contributed by atoms with Gasteiger partial charge in [-0.1, -0.05) is 20.8 Å². The van der Waals surface area contributed by atoms with Crippen LogP contribution in [0.4, 0.5) is 0 Å². The Balaban J connectivity index is 1.65. The van der Waals surface area contributed by atoms with E-state index in [4.69, 9.17) is 5.11 Å². The summed E-state index contributed by atoms with van der Waals surface area (Å²) in [6.07, 6.45) is 10.1. The number of carboxylic acids is 1. The van der Waals surface area contributed by atoms with Crippen molar-refractivity contribution in [3.63, 3.8) is 0 Å². The summed E-state index contributed by atoms with van der Waals surface area (Å²) < 4.78 is 0. The molecule has 0 aliphatic heterocycles. The van der Waals surface area contributed by atoms with Gasteiger partial charge < -0.3 is 10.4 Å². The van der Waals surface area contributed by atoms with Gasteiger partial charge in [0, 0.05) is 18.9 Å². The number of aliphatic carboxylic acids is 1. The Morgan fingerprint density at radius 1 is 1.08 bits per heavy atom. The number of hydrogen-bond donors (Lipinski definition) is 2. The number of carbonyl (C=O) groups excluding carboxylic acids is 1. The minimum atomic E-state index is -0.650. The molecule has 3 saturated carbocycles. The number of nitrogens with one attached hydrogen (secondary N) is 1. The molecule has 148 valence electrons. The highest BCUT2D eigenvalue weighted by Gasteiger charge is 2.55. The molecule has 0 aromatic rings. The minimum absolute atomic E-state index is 0.220. The van der Waals surface area contributed by atoms with Crippen molar-refractivity contribution in [1.29, 1.82) is 0 Å². The standard InChI is InChI=1S/C22H37NO3/c1-4-5-20(24)23-19-10-8-17-16(14(19)2)12-13-22(3)15(6-9-18(17)22)7-11-21(25)26/h14-19H,4-13H2,1-3H3,(H,23,24)(H,25,26)/t14-,15+,16?,17?,18?,19+,22+/m0/s1. The van der Waals surface area contributed by atoms with Gasteiger partial charge in [0.05, 0.1) is 0 Å². The van der Waals surface area contributed by atoms with Gasteiger partial charge in [-0.05, 0) is 86.4 Å². The van der Waals surface area contributed by atoms with E-state index in [9.17, 15) is 9.59 Å². The number of rotatable bonds is 6. The first-order chi connectivity index (χ1) is 12.4. The highest BCUT2D eigenvalue weighted by Crippen LogP contribution is 2.63. The van der Waals surface area contributed by atoms with Gasteiger partial charge in [-0.25, -0.2) is 0 Å². The van der Waals surface area contributed by atoms with Gasteiger partial charge in [-0.3, -0.25) is 9.59 Å². The molecule has 7 atom stereocenters. The van der Waals surface area contributed by atoms with E-state index in [1.54, 1.807) is 0 Å². The fourth-order valence-electron chi connectivity index (χ4n) is 6.91. The van der Waals surface area contributed by atoms with Crippen LogP contribution in [0.3, 0.4) is 0 Å². The fourth-order valence-corrected chi connectivity index (χ4v) is 6.91. The van der Waals surface area contributed by atoms with Gasteiger partial charge in [0.15, 0.2) is 0 Å². The maximum atomic E-state index is 12.1. The van der Waals surface area contributed by atoms with Gasteiger partial charge in [0.1, 0.15) is 0 Å². The molecule has 3 unspecified atom stereocenters. The molecular weight excluding hydrogens is 326 g/mol. The predicted octanol–water partition coefficient (Wildman–Crippen LogP) is 4.62. The molecular formula is C22H37NO3. The van der Waals surface area contributed by atoms with Crippen LogP contribution in [0.25, 0.3) is 0 Å². The van der Waals surface area contributed by atoms with Gasteiger partial charge in [-0.2, -0.15) is 0 Å². The number of fused-ring (bicyclic) bond motifs is 3. The van der Waals surface area contributed by atoms with Crippen molar-refractivity contribution in [3.8, 4) is 0 Å².